The Kier molecular flexibility index (Phi) is 3.70. The number of rotatable bonds is 3. The second-order valence-corrected chi connectivity index (χ2v) is 4.16. The number of carbonyl (C=O) groups is 1. The zero-order valence-electron chi connectivity index (χ0n) is 7.40. The van der Waals surface area contributed by atoms with Crippen molar-refractivity contribution < 1.29 is 9.90 Å². The number of nitrogens with two attached hydrogens (primary N) is 2. The summed E-state index contributed by atoms with van der Waals surface area (Å²) in [7, 11) is 0. The van der Waals surface area contributed by atoms with Crippen LogP contribution in [0.1, 0.15) is 5.56 Å². The van der Waals surface area contributed by atoms with Gasteiger partial charge >= 0.3 is 0 Å². The van der Waals surface area contributed by atoms with Crippen molar-refractivity contribution in [3.05, 3.63) is 27.3 Å². The van der Waals surface area contributed by atoms with Crippen LogP contribution in [0.3, 0.4) is 0 Å². The van der Waals surface area contributed by atoms with Crippen LogP contribution >= 0.6 is 22.6 Å². The molecular weight excluding hydrogens is 291 g/mol. The number of amides is 1. The summed E-state index contributed by atoms with van der Waals surface area (Å²) < 4.78 is 0.733. The lowest BCUT2D eigenvalue weighted by Crippen LogP contribution is -2.38. The van der Waals surface area contributed by atoms with E-state index in [1.54, 1.807) is 18.2 Å². The van der Waals surface area contributed by atoms with Crippen LogP contribution in [0, 0.1) is 3.57 Å². The fourth-order valence-corrected chi connectivity index (χ4v) is 1.61. The molecule has 0 spiro atoms. The molecular formula is C9H11IN2O2. The fourth-order valence-electron chi connectivity index (χ4n) is 1.03. The quantitative estimate of drug-likeness (QED) is 0.704. The summed E-state index contributed by atoms with van der Waals surface area (Å²) in [5, 5.41) is 9.26. The van der Waals surface area contributed by atoms with Gasteiger partial charge in [-0.1, -0.05) is 6.07 Å². The van der Waals surface area contributed by atoms with E-state index in [1.165, 1.54) is 0 Å². The maximum absolute atomic E-state index is 10.7. The normalized spacial score (nSPS) is 12.4. The largest absolute Gasteiger partial charge is 0.507 e. The van der Waals surface area contributed by atoms with Gasteiger partial charge in [-0.2, -0.15) is 0 Å². The van der Waals surface area contributed by atoms with Crippen molar-refractivity contribution in [2.75, 3.05) is 0 Å². The SMILES string of the molecule is NC(=O)C(N)Cc1ccc(O)c([123I])c1. The minimum Gasteiger partial charge on any atom is -0.507 e. The molecule has 0 saturated carbocycles. The molecule has 0 aliphatic heterocycles. The van der Waals surface area contributed by atoms with E-state index in [0.29, 0.717) is 6.42 Å². The molecule has 5 heteroatoms. The Morgan fingerprint density at radius 3 is 2.71 bits per heavy atom. The van der Waals surface area contributed by atoms with Gasteiger partial charge in [-0.25, -0.2) is 0 Å². The second kappa shape index (κ2) is 4.61. The maximum atomic E-state index is 10.7. The number of phenols is 1. The summed E-state index contributed by atoms with van der Waals surface area (Å²) in [5.74, 6) is -0.296. The zero-order chi connectivity index (χ0) is 10.7. The van der Waals surface area contributed by atoms with Crippen LogP contribution in [0.5, 0.6) is 5.75 Å². The summed E-state index contributed by atoms with van der Waals surface area (Å²) in [6, 6.07) is 4.40. The van der Waals surface area contributed by atoms with Gasteiger partial charge in [0.05, 0.1) is 9.61 Å². The molecule has 0 aliphatic rings. The minimum atomic E-state index is -0.671. The smallest absolute Gasteiger partial charge is 0.234 e. The van der Waals surface area contributed by atoms with Gasteiger partial charge in [0.2, 0.25) is 5.91 Å². The first-order valence-corrected chi connectivity index (χ1v) is 5.11. The number of phenolic OH excluding ortho intramolecular Hbond substituents is 1. The Labute approximate surface area is 95.4 Å². The molecule has 5 N–H and O–H groups in total. The number of hydrogen-bond acceptors (Lipinski definition) is 3. The molecule has 14 heavy (non-hydrogen) atoms. The number of benzene rings is 1. The van der Waals surface area contributed by atoms with Crippen LogP contribution < -0.4 is 11.5 Å². The highest BCUT2D eigenvalue weighted by atomic mass is 123. The average Bonchev–Trinajstić information content (AvgIpc) is 2.11. The Balaban J connectivity index is 2.78. The van der Waals surface area contributed by atoms with E-state index in [0.717, 1.165) is 9.13 Å². The Bertz CT molecular complexity index is 355. The molecule has 1 amide bonds. The van der Waals surface area contributed by atoms with Crippen molar-refractivity contribution in [2.45, 2.75) is 12.5 Å². The van der Waals surface area contributed by atoms with E-state index >= 15 is 0 Å². The molecule has 0 heterocycles. The number of halogens is 1. The Morgan fingerprint density at radius 1 is 1.57 bits per heavy atom. The first-order valence-electron chi connectivity index (χ1n) is 4.03. The molecule has 1 aromatic rings. The van der Waals surface area contributed by atoms with Crippen molar-refractivity contribution in [3.63, 3.8) is 0 Å². The monoisotopic (exact) mass is 302 g/mol. The molecule has 1 unspecified atom stereocenters. The van der Waals surface area contributed by atoms with E-state index in [2.05, 4.69) is 0 Å². The summed E-state index contributed by atoms with van der Waals surface area (Å²) >= 11 is 2.01. The predicted molar refractivity (Wildman–Crippen MR) is 61.7 cm³/mol. The van der Waals surface area contributed by atoms with Crippen molar-refractivity contribution in [1.82, 2.24) is 0 Å². The summed E-state index contributed by atoms with van der Waals surface area (Å²) in [5.41, 5.74) is 11.4. The third kappa shape index (κ3) is 2.85. The maximum Gasteiger partial charge on any atom is 0.234 e. The Hall–Kier alpha value is -0.820. The van der Waals surface area contributed by atoms with Crippen molar-refractivity contribution in [2.24, 2.45) is 11.5 Å². The van der Waals surface area contributed by atoms with Gasteiger partial charge < -0.3 is 16.6 Å². The number of aromatic hydroxyl groups is 1. The fraction of sp³-hybridized carbons (Fsp3) is 0.222. The standard InChI is InChI=1S/C9H11IN2O2/c10-6-3-5(1-2-8(6)13)4-7(11)9(12)14/h1-3,7,13H,4,11H2,(H2,12,14)/i10-4. The molecule has 76 valence electrons. The van der Waals surface area contributed by atoms with E-state index in [1.807, 2.05) is 22.6 Å². The first kappa shape index (κ1) is 11.3. The third-order valence-electron chi connectivity index (χ3n) is 1.83. The van der Waals surface area contributed by atoms with E-state index in [9.17, 15) is 9.90 Å². The molecule has 1 aromatic carbocycles. The minimum absolute atomic E-state index is 0.224. The van der Waals surface area contributed by atoms with Crippen LogP contribution in [0.4, 0.5) is 0 Å². The van der Waals surface area contributed by atoms with Crippen molar-refractivity contribution >= 4 is 28.5 Å². The van der Waals surface area contributed by atoms with E-state index in [4.69, 9.17) is 11.5 Å². The van der Waals surface area contributed by atoms with Crippen LogP contribution in [-0.2, 0) is 11.2 Å². The number of primary amides is 1. The lowest BCUT2D eigenvalue weighted by atomic mass is 10.1. The summed E-state index contributed by atoms with van der Waals surface area (Å²) in [4.78, 5) is 10.7. The van der Waals surface area contributed by atoms with Crippen LogP contribution in [0.2, 0.25) is 0 Å². The van der Waals surface area contributed by atoms with Crippen LogP contribution in [0.25, 0.3) is 0 Å². The van der Waals surface area contributed by atoms with Gasteiger partial charge in [0, 0.05) is 0 Å². The van der Waals surface area contributed by atoms with Gasteiger partial charge in [0.15, 0.2) is 0 Å². The van der Waals surface area contributed by atoms with Crippen LogP contribution in [0.15, 0.2) is 18.2 Å². The number of hydrogen-bond donors (Lipinski definition) is 3. The molecule has 0 aromatic heterocycles. The van der Waals surface area contributed by atoms with E-state index < -0.39 is 11.9 Å². The predicted octanol–water partition coefficient (Wildman–Crippen LogP) is 0.352. The van der Waals surface area contributed by atoms with Crippen LogP contribution in [-0.4, -0.2) is 17.1 Å². The highest BCUT2D eigenvalue weighted by Gasteiger charge is 2.10. The zero-order valence-corrected chi connectivity index (χ0v) is 9.56. The van der Waals surface area contributed by atoms with Gasteiger partial charge in [-0.05, 0) is 46.7 Å². The Morgan fingerprint density at radius 2 is 2.21 bits per heavy atom. The highest BCUT2D eigenvalue weighted by Crippen LogP contribution is 2.20. The molecule has 0 radical (unpaired) electrons. The lowest BCUT2D eigenvalue weighted by molar-refractivity contribution is -0.119. The highest BCUT2D eigenvalue weighted by molar-refractivity contribution is 14.1. The van der Waals surface area contributed by atoms with Crippen molar-refractivity contribution in [3.8, 4) is 5.75 Å². The molecule has 0 fully saturated rings. The molecule has 0 bridgehead atoms. The second-order valence-electron chi connectivity index (χ2n) is 3.00. The molecule has 0 aliphatic carbocycles. The van der Waals surface area contributed by atoms with Crippen molar-refractivity contribution in [1.29, 1.82) is 0 Å². The molecule has 1 atom stereocenters. The van der Waals surface area contributed by atoms with Gasteiger partial charge in [-0.15, -0.1) is 0 Å². The topological polar surface area (TPSA) is 89.3 Å². The van der Waals surface area contributed by atoms with Gasteiger partial charge in [-0.3, -0.25) is 4.79 Å². The molecule has 1 rings (SSSR count). The van der Waals surface area contributed by atoms with Gasteiger partial charge in [0.25, 0.3) is 0 Å². The molecule has 4 nitrogen and oxygen atoms in total. The number of carbonyl (C=O) groups excluding carboxylic acids is 1. The summed E-state index contributed by atoms with van der Waals surface area (Å²) in [6.45, 7) is 0. The average molecular weight is 302 g/mol. The molecule has 0 saturated heterocycles. The third-order valence-corrected chi connectivity index (χ3v) is 2.70. The van der Waals surface area contributed by atoms with Gasteiger partial charge in [0.1, 0.15) is 5.75 Å². The first-order chi connectivity index (χ1) is 6.50. The lowest BCUT2D eigenvalue weighted by Gasteiger charge is -2.07. The van der Waals surface area contributed by atoms with E-state index in [-0.39, 0.29) is 5.75 Å². The summed E-state index contributed by atoms with van der Waals surface area (Å²) in [6.07, 6.45) is 0.394.